The standard InChI is InChI=1S/C9H16N2O/c1-7(2)11-6-8(10)9-4-3-5-12-9/h3-5,7-8,11H,6,10H2,1-2H3. The monoisotopic (exact) mass is 168 g/mol. The van der Waals surface area contributed by atoms with E-state index in [0.717, 1.165) is 12.3 Å². The molecule has 0 bridgehead atoms. The molecule has 1 unspecified atom stereocenters. The van der Waals surface area contributed by atoms with E-state index in [-0.39, 0.29) is 6.04 Å². The molecule has 1 aromatic heterocycles. The number of hydrogen-bond acceptors (Lipinski definition) is 3. The molecule has 3 N–H and O–H groups in total. The maximum absolute atomic E-state index is 5.83. The smallest absolute Gasteiger partial charge is 0.121 e. The van der Waals surface area contributed by atoms with Crippen LogP contribution >= 0.6 is 0 Å². The van der Waals surface area contributed by atoms with Gasteiger partial charge in [-0.3, -0.25) is 0 Å². The summed E-state index contributed by atoms with van der Waals surface area (Å²) in [6.07, 6.45) is 1.64. The van der Waals surface area contributed by atoms with E-state index >= 15 is 0 Å². The highest BCUT2D eigenvalue weighted by Crippen LogP contribution is 2.08. The number of nitrogens with two attached hydrogens (primary N) is 1. The zero-order chi connectivity index (χ0) is 8.97. The average molecular weight is 168 g/mol. The van der Waals surface area contributed by atoms with Gasteiger partial charge < -0.3 is 15.5 Å². The fraction of sp³-hybridized carbons (Fsp3) is 0.556. The molecular weight excluding hydrogens is 152 g/mol. The molecule has 0 fully saturated rings. The third kappa shape index (κ3) is 2.68. The van der Waals surface area contributed by atoms with Gasteiger partial charge in [-0.2, -0.15) is 0 Å². The van der Waals surface area contributed by atoms with Crippen molar-refractivity contribution in [3.63, 3.8) is 0 Å². The summed E-state index contributed by atoms with van der Waals surface area (Å²) in [6, 6.07) is 4.17. The van der Waals surface area contributed by atoms with Crippen LogP contribution in [0.1, 0.15) is 25.6 Å². The lowest BCUT2D eigenvalue weighted by molar-refractivity contribution is 0.438. The predicted octanol–water partition coefficient (Wildman–Crippen LogP) is 1.28. The van der Waals surface area contributed by atoms with Crippen molar-refractivity contribution in [2.24, 2.45) is 5.73 Å². The maximum atomic E-state index is 5.83. The van der Waals surface area contributed by atoms with Gasteiger partial charge in [-0.05, 0) is 12.1 Å². The van der Waals surface area contributed by atoms with E-state index < -0.39 is 0 Å². The van der Waals surface area contributed by atoms with Crippen molar-refractivity contribution in [3.8, 4) is 0 Å². The van der Waals surface area contributed by atoms with Crippen molar-refractivity contribution < 1.29 is 4.42 Å². The van der Waals surface area contributed by atoms with Crippen LogP contribution in [0.15, 0.2) is 22.8 Å². The summed E-state index contributed by atoms with van der Waals surface area (Å²) in [4.78, 5) is 0. The Balaban J connectivity index is 2.34. The van der Waals surface area contributed by atoms with E-state index in [1.54, 1.807) is 6.26 Å². The van der Waals surface area contributed by atoms with Crippen molar-refractivity contribution in [2.45, 2.75) is 25.9 Å². The first-order valence-corrected chi connectivity index (χ1v) is 4.22. The van der Waals surface area contributed by atoms with Crippen LogP contribution < -0.4 is 11.1 Å². The molecule has 0 radical (unpaired) electrons. The number of furan rings is 1. The lowest BCUT2D eigenvalue weighted by Gasteiger charge is -2.12. The first-order chi connectivity index (χ1) is 5.70. The zero-order valence-electron chi connectivity index (χ0n) is 7.58. The normalized spacial score (nSPS) is 13.7. The second-order valence-electron chi connectivity index (χ2n) is 3.18. The van der Waals surface area contributed by atoms with Crippen LogP contribution in [0.2, 0.25) is 0 Å². The van der Waals surface area contributed by atoms with Gasteiger partial charge in [-0.1, -0.05) is 13.8 Å². The highest BCUT2D eigenvalue weighted by atomic mass is 16.3. The summed E-state index contributed by atoms with van der Waals surface area (Å²) in [5, 5.41) is 3.25. The lowest BCUT2D eigenvalue weighted by Crippen LogP contribution is -2.31. The van der Waals surface area contributed by atoms with Crippen molar-refractivity contribution in [1.82, 2.24) is 5.32 Å². The van der Waals surface area contributed by atoms with Gasteiger partial charge in [0, 0.05) is 12.6 Å². The van der Waals surface area contributed by atoms with Gasteiger partial charge >= 0.3 is 0 Å². The van der Waals surface area contributed by atoms with Gasteiger partial charge in [0.05, 0.1) is 12.3 Å². The van der Waals surface area contributed by atoms with E-state index in [2.05, 4.69) is 19.2 Å². The Kier molecular flexibility index (Phi) is 3.31. The molecule has 0 saturated heterocycles. The van der Waals surface area contributed by atoms with Crippen LogP contribution in [0.3, 0.4) is 0 Å². The molecule has 0 aliphatic rings. The molecule has 68 valence electrons. The molecule has 0 aromatic carbocycles. The molecule has 3 nitrogen and oxygen atoms in total. The fourth-order valence-electron chi connectivity index (χ4n) is 0.966. The third-order valence-corrected chi connectivity index (χ3v) is 1.65. The molecule has 0 amide bonds. The summed E-state index contributed by atoms with van der Waals surface area (Å²) in [7, 11) is 0. The van der Waals surface area contributed by atoms with Crippen LogP contribution in [0.5, 0.6) is 0 Å². The predicted molar refractivity (Wildman–Crippen MR) is 48.8 cm³/mol. The number of hydrogen-bond donors (Lipinski definition) is 2. The molecule has 3 heteroatoms. The minimum absolute atomic E-state index is 0.0394. The van der Waals surface area contributed by atoms with E-state index in [4.69, 9.17) is 10.2 Å². The summed E-state index contributed by atoms with van der Waals surface area (Å²) in [5.41, 5.74) is 5.83. The topological polar surface area (TPSA) is 51.2 Å². The van der Waals surface area contributed by atoms with Gasteiger partial charge in [0.15, 0.2) is 0 Å². The zero-order valence-corrected chi connectivity index (χ0v) is 7.58. The third-order valence-electron chi connectivity index (χ3n) is 1.65. The largest absolute Gasteiger partial charge is 0.468 e. The molecule has 1 aromatic rings. The first kappa shape index (κ1) is 9.29. The molecule has 0 saturated carbocycles. The Bertz CT molecular complexity index is 206. The SMILES string of the molecule is CC(C)NCC(N)c1ccco1. The molecule has 1 rings (SSSR count). The van der Waals surface area contributed by atoms with Crippen molar-refractivity contribution in [2.75, 3.05) is 6.54 Å². The van der Waals surface area contributed by atoms with Gasteiger partial charge in [-0.15, -0.1) is 0 Å². The quantitative estimate of drug-likeness (QED) is 0.712. The van der Waals surface area contributed by atoms with Crippen LogP contribution in [-0.2, 0) is 0 Å². The van der Waals surface area contributed by atoms with Crippen molar-refractivity contribution >= 4 is 0 Å². The van der Waals surface area contributed by atoms with Gasteiger partial charge in [0.25, 0.3) is 0 Å². The van der Waals surface area contributed by atoms with E-state index in [1.807, 2.05) is 12.1 Å². The van der Waals surface area contributed by atoms with Crippen molar-refractivity contribution in [1.29, 1.82) is 0 Å². The minimum atomic E-state index is -0.0394. The Morgan fingerprint density at radius 2 is 2.33 bits per heavy atom. The average Bonchev–Trinajstić information content (AvgIpc) is 2.51. The second-order valence-corrected chi connectivity index (χ2v) is 3.18. The Morgan fingerprint density at radius 3 is 2.83 bits per heavy atom. The van der Waals surface area contributed by atoms with Crippen LogP contribution in [0.25, 0.3) is 0 Å². The van der Waals surface area contributed by atoms with Crippen molar-refractivity contribution in [3.05, 3.63) is 24.2 Å². The molecule has 1 atom stereocenters. The Hall–Kier alpha value is -0.800. The van der Waals surface area contributed by atoms with Gasteiger partial charge in [0.2, 0.25) is 0 Å². The highest BCUT2D eigenvalue weighted by Gasteiger charge is 2.07. The fourth-order valence-corrected chi connectivity index (χ4v) is 0.966. The maximum Gasteiger partial charge on any atom is 0.121 e. The molecule has 12 heavy (non-hydrogen) atoms. The van der Waals surface area contributed by atoms with E-state index in [1.165, 1.54) is 0 Å². The van der Waals surface area contributed by atoms with E-state index in [0.29, 0.717) is 6.04 Å². The number of nitrogens with one attached hydrogen (secondary N) is 1. The summed E-state index contributed by atoms with van der Waals surface area (Å²) < 4.78 is 5.16. The molecular formula is C9H16N2O. The Labute approximate surface area is 72.9 Å². The molecule has 1 heterocycles. The van der Waals surface area contributed by atoms with Gasteiger partial charge in [-0.25, -0.2) is 0 Å². The van der Waals surface area contributed by atoms with Crippen LogP contribution in [0, 0.1) is 0 Å². The van der Waals surface area contributed by atoms with Crippen LogP contribution in [-0.4, -0.2) is 12.6 Å². The van der Waals surface area contributed by atoms with E-state index in [9.17, 15) is 0 Å². The van der Waals surface area contributed by atoms with Gasteiger partial charge in [0.1, 0.15) is 5.76 Å². The summed E-state index contributed by atoms with van der Waals surface area (Å²) >= 11 is 0. The summed E-state index contributed by atoms with van der Waals surface area (Å²) in [5.74, 6) is 0.836. The highest BCUT2D eigenvalue weighted by molar-refractivity contribution is 5.03. The second kappa shape index (κ2) is 4.28. The summed E-state index contributed by atoms with van der Waals surface area (Å²) in [6.45, 7) is 4.94. The lowest BCUT2D eigenvalue weighted by atomic mass is 10.2. The number of rotatable bonds is 4. The molecule has 0 aliphatic carbocycles. The first-order valence-electron chi connectivity index (χ1n) is 4.22. The minimum Gasteiger partial charge on any atom is -0.468 e. The molecule has 0 aliphatic heterocycles. The molecule has 0 spiro atoms. The van der Waals surface area contributed by atoms with Crippen LogP contribution in [0.4, 0.5) is 0 Å². The Morgan fingerprint density at radius 1 is 1.58 bits per heavy atom.